The Balaban J connectivity index is 1.23. The maximum Gasteiger partial charge on any atom is 0.417 e. The summed E-state index contributed by atoms with van der Waals surface area (Å²) in [6.07, 6.45) is -4.34. The molecule has 4 heterocycles. The number of nitrogens with zero attached hydrogens (tertiary/aromatic N) is 6. The van der Waals surface area contributed by atoms with Crippen molar-refractivity contribution in [1.82, 2.24) is 23.9 Å². The Morgan fingerprint density at radius 3 is 2.46 bits per heavy atom. The number of alkyl halides is 3. The van der Waals surface area contributed by atoms with Crippen molar-refractivity contribution in [3.63, 3.8) is 0 Å². The van der Waals surface area contributed by atoms with E-state index in [9.17, 15) is 41.7 Å². The van der Waals surface area contributed by atoms with Gasteiger partial charge in [-0.2, -0.15) is 22.6 Å². The Morgan fingerprint density at radius 1 is 1.06 bits per heavy atom. The van der Waals surface area contributed by atoms with Crippen molar-refractivity contribution >= 4 is 33.4 Å². The zero-order chi connectivity index (χ0) is 35.8. The molecule has 50 heavy (non-hydrogen) atoms. The molecule has 0 spiro atoms. The van der Waals surface area contributed by atoms with E-state index in [1.165, 1.54) is 21.3 Å². The Hall–Kier alpha value is -3.35. The fraction of sp³-hybridized carbons (Fsp3) is 0.515. The second kappa shape index (κ2) is 14.7. The number of phenolic OH excluding ortho intramolecular Hbond substituents is 1. The maximum atomic E-state index is 14.1. The zero-order valence-corrected chi connectivity index (χ0v) is 29.2. The molecule has 0 aliphatic carbocycles. The van der Waals surface area contributed by atoms with Gasteiger partial charge in [0.15, 0.2) is 0 Å². The third-order valence-corrected chi connectivity index (χ3v) is 11.7. The van der Waals surface area contributed by atoms with Crippen LogP contribution in [0.3, 0.4) is 0 Å². The minimum atomic E-state index is -4.68. The average Bonchev–Trinajstić information content (AvgIpc) is 3.66. The van der Waals surface area contributed by atoms with Crippen molar-refractivity contribution in [2.45, 2.75) is 49.2 Å². The summed E-state index contributed by atoms with van der Waals surface area (Å²) < 4.78 is 70.3. The second-order valence-corrected chi connectivity index (χ2v) is 16.0. The number of β-amino-alcohol motifs (C(OH)–C–C–N with tert-alkyl or cyclic N) is 2. The van der Waals surface area contributed by atoms with Crippen molar-refractivity contribution in [2.75, 3.05) is 69.3 Å². The van der Waals surface area contributed by atoms with Crippen LogP contribution in [0.15, 0.2) is 47.4 Å². The lowest BCUT2D eigenvalue weighted by Gasteiger charge is -2.37. The summed E-state index contributed by atoms with van der Waals surface area (Å²) in [4.78, 5) is 18.2. The first kappa shape index (κ1) is 36.4. The van der Waals surface area contributed by atoms with Crippen LogP contribution in [-0.4, -0.2) is 130 Å². The molecular weight excluding hydrogens is 698 g/mol. The molecule has 3 aliphatic heterocycles. The number of aromatic nitrogens is 2. The summed E-state index contributed by atoms with van der Waals surface area (Å²) in [5.74, 6) is -0.408. The van der Waals surface area contributed by atoms with E-state index < -0.39 is 34.0 Å². The molecule has 17 heteroatoms. The van der Waals surface area contributed by atoms with Crippen molar-refractivity contribution in [3.8, 4) is 17.0 Å². The third-order valence-electron chi connectivity index (χ3n) is 9.44. The van der Waals surface area contributed by atoms with Crippen LogP contribution < -0.4 is 4.90 Å². The smallest absolute Gasteiger partial charge is 0.417 e. The molecular formula is C33H41F3N6O6S2. The number of rotatable bonds is 10. The highest BCUT2D eigenvalue weighted by Crippen LogP contribution is 2.40. The van der Waals surface area contributed by atoms with E-state index in [1.807, 2.05) is 12.1 Å². The van der Waals surface area contributed by atoms with E-state index in [0.29, 0.717) is 74.6 Å². The van der Waals surface area contributed by atoms with Gasteiger partial charge in [-0.25, -0.2) is 8.42 Å². The lowest BCUT2D eigenvalue weighted by Crippen LogP contribution is -2.49. The van der Waals surface area contributed by atoms with Crippen LogP contribution >= 0.6 is 11.8 Å². The number of aliphatic hydroxyl groups is 2. The van der Waals surface area contributed by atoms with Crippen molar-refractivity contribution in [2.24, 2.45) is 0 Å². The molecule has 2 saturated heterocycles. The van der Waals surface area contributed by atoms with Gasteiger partial charge in [0.05, 0.1) is 47.7 Å². The number of phenols is 1. The SMILES string of the molecule is CS(=O)(=O)N1CCc2c(c(-c3ccc(C(F)(F)F)c(SCC(=O)N4CC[C@@H](O)C4)c3)nn2CC(O)CN2CCN(c3ccccc3O)CC2)C1. The van der Waals surface area contributed by atoms with E-state index >= 15 is 0 Å². The third kappa shape index (κ3) is 8.23. The molecule has 0 radical (unpaired) electrons. The second-order valence-electron chi connectivity index (χ2n) is 13.0. The predicted molar refractivity (Wildman–Crippen MR) is 182 cm³/mol. The molecule has 12 nitrogen and oxygen atoms in total. The molecule has 0 bridgehead atoms. The number of likely N-dealkylation sites (tertiary alicyclic amines) is 1. The van der Waals surface area contributed by atoms with Crippen LogP contribution in [0.2, 0.25) is 0 Å². The molecule has 1 unspecified atom stereocenters. The van der Waals surface area contributed by atoms with Gasteiger partial charge < -0.3 is 25.1 Å². The first-order valence-electron chi connectivity index (χ1n) is 16.4. The number of carbonyl (C=O) groups is 1. The summed E-state index contributed by atoms with van der Waals surface area (Å²) in [5, 5.41) is 36.0. The van der Waals surface area contributed by atoms with Crippen LogP contribution in [0.1, 0.15) is 23.2 Å². The van der Waals surface area contributed by atoms with E-state index in [4.69, 9.17) is 5.10 Å². The van der Waals surface area contributed by atoms with Gasteiger partial charge >= 0.3 is 6.18 Å². The molecule has 2 fully saturated rings. The van der Waals surface area contributed by atoms with E-state index in [2.05, 4.69) is 9.80 Å². The highest BCUT2D eigenvalue weighted by molar-refractivity contribution is 8.00. The minimum Gasteiger partial charge on any atom is -0.506 e. The first-order valence-corrected chi connectivity index (χ1v) is 19.3. The van der Waals surface area contributed by atoms with Crippen molar-refractivity contribution in [1.29, 1.82) is 0 Å². The highest BCUT2D eigenvalue weighted by atomic mass is 32.2. The number of anilines is 1. The van der Waals surface area contributed by atoms with Gasteiger partial charge in [-0.3, -0.25) is 14.4 Å². The summed E-state index contributed by atoms with van der Waals surface area (Å²) in [6.45, 7) is 3.74. The van der Waals surface area contributed by atoms with Crippen molar-refractivity contribution < 1.29 is 41.7 Å². The number of halogens is 3. The highest BCUT2D eigenvalue weighted by Gasteiger charge is 2.36. The molecule has 0 saturated carbocycles. The molecule has 2 atom stereocenters. The number of para-hydroxylation sites is 2. The average molecular weight is 739 g/mol. The monoisotopic (exact) mass is 738 g/mol. The number of fused-ring (bicyclic) bond motifs is 1. The minimum absolute atomic E-state index is 0.0207. The van der Waals surface area contributed by atoms with E-state index in [-0.39, 0.29) is 48.5 Å². The number of aliphatic hydroxyl groups excluding tert-OH is 2. The number of hydrogen-bond donors (Lipinski definition) is 3. The van der Waals surface area contributed by atoms with E-state index in [1.54, 1.807) is 16.8 Å². The van der Waals surface area contributed by atoms with Crippen molar-refractivity contribution in [3.05, 3.63) is 59.3 Å². The normalized spacial score (nSPS) is 19.9. The van der Waals surface area contributed by atoms with Crippen LogP contribution in [0.25, 0.3) is 11.3 Å². The Bertz CT molecular complexity index is 1820. The van der Waals surface area contributed by atoms with Crippen LogP contribution in [-0.2, 0) is 40.5 Å². The fourth-order valence-corrected chi connectivity index (χ4v) is 8.61. The summed E-state index contributed by atoms with van der Waals surface area (Å²) >= 11 is 0.761. The Labute approximate surface area is 293 Å². The molecule has 3 N–H and O–H groups in total. The van der Waals surface area contributed by atoms with Crippen LogP contribution in [0.5, 0.6) is 5.75 Å². The number of carbonyl (C=O) groups excluding carboxylic acids is 1. The summed E-state index contributed by atoms with van der Waals surface area (Å²) in [7, 11) is -3.58. The van der Waals surface area contributed by atoms with E-state index in [0.717, 1.165) is 29.8 Å². The molecule has 1 amide bonds. The van der Waals surface area contributed by atoms with Gasteiger partial charge in [-0.15, -0.1) is 11.8 Å². The topological polar surface area (TPSA) is 143 Å². The predicted octanol–water partition coefficient (Wildman–Crippen LogP) is 2.46. The quantitative estimate of drug-likeness (QED) is 0.266. The van der Waals surface area contributed by atoms with Gasteiger partial charge in [0, 0.05) is 87.0 Å². The lowest BCUT2D eigenvalue weighted by molar-refractivity contribution is -0.139. The first-order chi connectivity index (χ1) is 23.7. The number of aromatic hydroxyl groups is 1. The number of thioether (sulfide) groups is 1. The number of hydrogen-bond acceptors (Lipinski definition) is 10. The molecule has 3 aliphatic rings. The van der Waals surface area contributed by atoms with Gasteiger partial charge in [-0.1, -0.05) is 18.2 Å². The van der Waals surface area contributed by atoms with Gasteiger partial charge in [0.2, 0.25) is 15.9 Å². The van der Waals surface area contributed by atoms with Gasteiger partial charge in [0.1, 0.15) is 5.75 Å². The maximum absolute atomic E-state index is 14.1. The number of amides is 1. The molecule has 272 valence electrons. The number of benzene rings is 2. The van der Waals surface area contributed by atoms with Gasteiger partial charge in [-0.05, 0) is 30.7 Å². The lowest BCUT2D eigenvalue weighted by atomic mass is 10.0. The fourth-order valence-electron chi connectivity index (χ4n) is 6.81. The number of piperazine rings is 1. The molecule has 2 aromatic carbocycles. The summed E-state index contributed by atoms with van der Waals surface area (Å²) in [5.41, 5.74) is 1.79. The Morgan fingerprint density at radius 2 is 1.80 bits per heavy atom. The molecule has 6 rings (SSSR count). The number of sulfonamides is 1. The molecule has 1 aromatic heterocycles. The Kier molecular flexibility index (Phi) is 10.7. The van der Waals surface area contributed by atoms with Crippen LogP contribution in [0.4, 0.5) is 18.9 Å². The van der Waals surface area contributed by atoms with Crippen LogP contribution in [0, 0.1) is 0 Å². The zero-order valence-electron chi connectivity index (χ0n) is 27.6. The molecule has 3 aromatic rings. The van der Waals surface area contributed by atoms with Gasteiger partial charge in [0.25, 0.3) is 0 Å². The summed E-state index contributed by atoms with van der Waals surface area (Å²) in [6, 6.07) is 10.7. The largest absolute Gasteiger partial charge is 0.506 e. The standard InChI is InChI=1S/C33H41F3N6O6S2/c1-50(47,48)41-11-9-27-25(20-41)32(22-6-7-26(33(34,35)36)30(16-22)49-21-31(46)40-10-8-23(43)18-40)37-42(27)19-24(44)17-38-12-14-39(15-13-38)28-4-2-3-5-29(28)45/h2-7,16,23-24,43-45H,8-15,17-21H2,1H3/t23-,24?/m1/s1.